The largest absolute Gasteiger partial charge is 0.447 e. The number of hydroxylamine groups is 1. The second-order valence-corrected chi connectivity index (χ2v) is 8.23. The van der Waals surface area contributed by atoms with E-state index in [0.29, 0.717) is 45.4 Å². The fourth-order valence-corrected chi connectivity index (χ4v) is 3.64. The van der Waals surface area contributed by atoms with Crippen LogP contribution in [0.1, 0.15) is 40.0 Å². The van der Waals surface area contributed by atoms with E-state index < -0.39 is 17.5 Å². The summed E-state index contributed by atoms with van der Waals surface area (Å²) in [4.78, 5) is 32.2. The van der Waals surface area contributed by atoms with Crippen molar-refractivity contribution in [3.05, 3.63) is 35.5 Å². The van der Waals surface area contributed by atoms with Crippen LogP contribution in [-0.4, -0.2) is 55.3 Å². The molecule has 1 fully saturated rings. The first-order valence-electron chi connectivity index (χ1n) is 10.8. The lowest BCUT2D eigenvalue weighted by molar-refractivity contribution is -0.114. The van der Waals surface area contributed by atoms with E-state index in [1.165, 1.54) is 6.92 Å². The van der Waals surface area contributed by atoms with Crippen LogP contribution in [0.2, 0.25) is 0 Å². The third-order valence-electron chi connectivity index (χ3n) is 5.29. The van der Waals surface area contributed by atoms with Gasteiger partial charge >= 0.3 is 6.09 Å². The number of likely N-dealkylation sites (tertiary alicyclic amines) is 1. The molecular formula is C22H30F2N4O4. The van der Waals surface area contributed by atoms with Crippen LogP contribution in [0.3, 0.4) is 0 Å². The maximum Gasteiger partial charge on any atom is 0.410 e. The Morgan fingerprint density at radius 1 is 1.12 bits per heavy atom. The summed E-state index contributed by atoms with van der Waals surface area (Å²) in [6.45, 7) is 6.90. The summed E-state index contributed by atoms with van der Waals surface area (Å²) in [5.41, 5.74) is 3.83. The van der Waals surface area contributed by atoms with E-state index in [1.807, 2.05) is 19.9 Å². The number of benzene rings is 1. The summed E-state index contributed by atoms with van der Waals surface area (Å²) in [6, 6.07) is 2.09. The third kappa shape index (κ3) is 6.32. The smallest absolute Gasteiger partial charge is 0.410 e. The van der Waals surface area contributed by atoms with Crippen molar-refractivity contribution >= 4 is 23.4 Å². The van der Waals surface area contributed by atoms with Gasteiger partial charge in [0.25, 0.3) is 0 Å². The fraction of sp³-hybridized carbons (Fsp3) is 0.545. The molecule has 1 saturated heterocycles. The van der Waals surface area contributed by atoms with E-state index >= 15 is 0 Å². The van der Waals surface area contributed by atoms with E-state index in [2.05, 4.69) is 10.8 Å². The van der Waals surface area contributed by atoms with Crippen molar-refractivity contribution < 1.29 is 27.9 Å². The number of nitrogens with zero attached hydrogens (tertiary/aromatic N) is 2. The van der Waals surface area contributed by atoms with Crippen LogP contribution in [-0.2, 0) is 14.4 Å². The van der Waals surface area contributed by atoms with Crippen molar-refractivity contribution in [2.75, 3.05) is 36.4 Å². The van der Waals surface area contributed by atoms with Crippen molar-refractivity contribution in [1.29, 1.82) is 0 Å². The number of hydrogen-bond acceptors (Lipinski definition) is 6. The van der Waals surface area contributed by atoms with Gasteiger partial charge in [-0.1, -0.05) is 0 Å². The molecule has 0 spiro atoms. The van der Waals surface area contributed by atoms with Gasteiger partial charge in [0.05, 0.1) is 23.6 Å². The van der Waals surface area contributed by atoms with Crippen LogP contribution in [0.25, 0.3) is 0 Å². The number of piperidine rings is 1. The third-order valence-corrected chi connectivity index (χ3v) is 5.29. The molecule has 2 N–H and O–H groups in total. The molecule has 0 aliphatic carbocycles. The van der Waals surface area contributed by atoms with Crippen LogP contribution in [0.15, 0.2) is 23.9 Å². The summed E-state index contributed by atoms with van der Waals surface area (Å²) < 4.78 is 33.9. The number of amides is 2. The average molecular weight is 453 g/mol. The predicted molar refractivity (Wildman–Crippen MR) is 116 cm³/mol. The Morgan fingerprint density at radius 3 is 2.44 bits per heavy atom. The molecule has 2 amide bonds. The zero-order valence-corrected chi connectivity index (χ0v) is 18.6. The first-order chi connectivity index (χ1) is 15.2. The number of hydrogen-bond donors (Lipinski definition) is 2. The van der Waals surface area contributed by atoms with Crippen LogP contribution in [0.5, 0.6) is 0 Å². The van der Waals surface area contributed by atoms with E-state index in [9.17, 15) is 18.4 Å². The van der Waals surface area contributed by atoms with E-state index in [1.54, 1.807) is 9.80 Å². The molecule has 2 heterocycles. The van der Waals surface area contributed by atoms with Gasteiger partial charge in [0.1, 0.15) is 11.6 Å². The molecule has 0 unspecified atom stereocenters. The van der Waals surface area contributed by atoms with Gasteiger partial charge in [-0.05, 0) is 32.8 Å². The number of nitrogens with one attached hydrogen (secondary N) is 2. The molecule has 1 aromatic rings. The van der Waals surface area contributed by atoms with Crippen LogP contribution < -0.4 is 15.7 Å². The summed E-state index contributed by atoms with van der Waals surface area (Å²) in [5, 5.41) is 2.28. The van der Waals surface area contributed by atoms with Gasteiger partial charge in [-0.2, -0.15) is 0 Å². The monoisotopic (exact) mass is 452 g/mol. The van der Waals surface area contributed by atoms with E-state index in [4.69, 9.17) is 9.57 Å². The summed E-state index contributed by atoms with van der Waals surface area (Å²) in [7, 11) is 0. The lowest BCUT2D eigenvalue weighted by Crippen LogP contribution is -2.43. The van der Waals surface area contributed by atoms with Gasteiger partial charge in [-0.25, -0.2) is 13.6 Å². The molecule has 176 valence electrons. The minimum Gasteiger partial charge on any atom is -0.447 e. The minimum atomic E-state index is -0.684. The minimum absolute atomic E-state index is 0.0232. The van der Waals surface area contributed by atoms with Gasteiger partial charge in [-0.3, -0.25) is 15.1 Å². The molecule has 8 nitrogen and oxygen atoms in total. The van der Waals surface area contributed by atoms with Crippen LogP contribution in [0.4, 0.5) is 25.0 Å². The second kappa shape index (κ2) is 10.6. The second-order valence-electron chi connectivity index (χ2n) is 8.23. The van der Waals surface area contributed by atoms with E-state index in [-0.39, 0.29) is 29.7 Å². The van der Waals surface area contributed by atoms with Crippen LogP contribution >= 0.6 is 0 Å². The van der Waals surface area contributed by atoms with Gasteiger partial charge in [0.2, 0.25) is 5.91 Å². The molecule has 1 aromatic carbocycles. The molecule has 0 saturated carbocycles. The van der Waals surface area contributed by atoms with Crippen molar-refractivity contribution in [1.82, 2.24) is 10.4 Å². The maximum absolute atomic E-state index is 14.5. The highest BCUT2D eigenvalue weighted by atomic mass is 19.1. The number of ether oxygens (including phenoxy) is 1. The predicted octanol–water partition coefficient (Wildman–Crippen LogP) is 3.55. The Bertz CT molecular complexity index is 870. The SMILES string of the molecule is CC(=O)Nc1cc(F)c(N2CC=C(NOC3CCN(C(=O)OC(C)C)CC3)CC2)cc1F. The molecule has 0 radical (unpaired) electrons. The summed E-state index contributed by atoms with van der Waals surface area (Å²) >= 11 is 0. The molecule has 3 rings (SSSR count). The molecule has 2 aliphatic rings. The fourth-order valence-electron chi connectivity index (χ4n) is 3.64. The highest BCUT2D eigenvalue weighted by Gasteiger charge is 2.26. The van der Waals surface area contributed by atoms with Crippen molar-refractivity contribution in [3.63, 3.8) is 0 Å². The Kier molecular flexibility index (Phi) is 7.89. The van der Waals surface area contributed by atoms with E-state index in [0.717, 1.165) is 17.8 Å². The quantitative estimate of drug-likeness (QED) is 0.643. The Morgan fingerprint density at radius 2 is 1.84 bits per heavy atom. The lowest BCUT2D eigenvalue weighted by atomic mass is 10.1. The average Bonchev–Trinajstić information content (AvgIpc) is 2.74. The molecule has 0 aromatic heterocycles. The Labute approximate surface area is 186 Å². The normalized spacial score (nSPS) is 17.2. The molecule has 0 atom stereocenters. The Balaban J connectivity index is 1.47. The van der Waals surface area contributed by atoms with Crippen molar-refractivity contribution in [3.8, 4) is 0 Å². The molecule has 32 heavy (non-hydrogen) atoms. The highest BCUT2D eigenvalue weighted by Crippen LogP contribution is 2.28. The standard InChI is InChI=1S/C22H30F2N4O4/c1-14(2)31-22(30)28-10-6-17(7-11-28)32-26-16-4-8-27(9-5-16)21-13-18(23)20(12-19(21)24)25-15(3)29/h4,12-14,17,26H,5-11H2,1-3H3,(H,25,29). The lowest BCUT2D eigenvalue weighted by Gasteiger charge is -2.33. The zero-order chi connectivity index (χ0) is 23.3. The zero-order valence-electron chi connectivity index (χ0n) is 18.6. The first-order valence-corrected chi connectivity index (χ1v) is 10.8. The number of carbonyl (C=O) groups is 2. The highest BCUT2D eigenvalue weighted by molar-refractivity contribution is 5.89. The topological polar surface area (TPSA) is 83.1 Å². The molecule has 10 heteroatoms. The van der Waals surface area contributed by atoms with Gasteiger partial charge in [0, 0.05) is 57.4 Å². The van der Waals surface area contributed by atoms with Gasteiger partial charge in [-0.15, -0.1) is 0 Å². The molecule has 0 bridgehead atoms. The number of halogens is 2. The van der Waals surface area contributed by atoms with Crippen LogP contribution in [0, 0.1) is 11.6 Å². The molecule has 2 aliphatic heterocycles. The number of carbonyl (C=O) groups excluding carboxylic acids is 2. The van der Waals surface area contributed by atoms with Gasteiger partial charge < -0.3 is 19.9 Å². The van der Waals surface area contributed by atoms with Crippen molar-refractivity contribution in [2.24, 2.45) is 0 Å². The molecular weight excluding hydrogens is 422 g/mol. The van der Waals surface area contributed by atoms with Gasteiger partial charge in [0.15, 0.2) is 0 Å². The first kappa shape index (κ1) is 23.8. The summed E-state index contributed by atoms with van der Waals surface area (Å²) in [6.07, 6.45) is 3.39. The van der Waals surface area contributed by atoms with Crippen molar-refractivity contribution in [2.45, 2.75) is 52.2 Å². The Hall–Kier alpha value is -2.88. The summed E-state index contributed by atoms with van der Waals surface area (Å²) in [5.74, 6) is -1.75. The number of rotatable bonds is 6. The maximum atomic E-state index is 14.5. The number of anilines is 2.